The number of aromatic nitrogens is 3. The molecule has 0 spiro atoms. The van der Waals surface area contributed by atoms with Crippen LogP contribution in [0.4, 0.5) is 0 Å². The smallest absolute Gasteiger partial charge is 0.263 e. The van der Waals surface area contributed by atoms with E-state index in [0.717, 1.165) is 27.6 Å². The number of carbonyl (C=O) groups excluding carboxylic acids is 1. The van der Waals surface area contributed by atoms with Crippen molar-refractivity contribution in [2.75, 3.05) is 19.8 Å². The molecule has 0 bridgehead atoms. The van der Waals surface area contributed by atoms with Gasteiger partial charge in [-0.15, -0.1) is 21.5 Å². The zero-order valence-electron chi connectivity index (χ0n) is 18.4. The number of amides is 1. The molecule has 0 aliphatic heterocycles. The molecule has 0 saturated heterocycles. The average Bonchev–Trinajstić information content (AvgIpc) is 3.25. The zero-order valence-corrected chi connectivity index (χ0v) is 19.3. The molecule has 0 unspecified atom stereocenters. The molecule has 1 N–H and O–H groups in total. The van der Waals surface area contributed by atoms with Crippen molar-refractivity contribution in [3.63, 3.8) is 0 Å². The molecule has 0 fully saturated rings. The topological polar surface area (TPSA) is 86.2 Å². The summed E-state index contributed by atoms with van der Waals surface area (Å²) in [6.45, 7) is 5.05. The van der Waals surface area contributed by atoms with Gasteiger partial charge in [-0.05, 0) is 44.2 Å². The van der Waals surface area contributed by atoms with Crippen LogP contribution in [0.15, 0.2) is 66.7 Å². The molecule has 168 valence electrons. The van der Waals surface area contributed by atoms with Gasteiger partial charge in [0.05, 0.1) is 24.5 Å². The molecule has 0 aliphatic rings. The fourth-order valence-corrected chi connectivity index (χ4v) is 4.14. The van der Waals surface area contributed by atoms with E-state index in [2.05, 4.69) is 20.5 Å². The normalized spacial score (nSPS) is 10.6. The number of nitrogens with one attached hydrogen (secondary N) is 1. The van der Waals surface area contributed by atoms with E-state index in [-0.39, 0.29) is 12.5 Å². The number of hydrogen-bond acceptors (Lipinski definition) is 7. The molecule has 2 aromatic heterocycles. The number of hydrogen-bond donors (Lipinski definition) is 1. The van der Waals surface area contributed by atoms with Gasteiger partial charge in [0.1, 0.15) is 22.2 Å². The van der Waals surface area contributed by atoms with Gasteiger partial charge in [0.15, 0.2) is 0 Å². The summed E-state index contributed by atoms with van der Waals surface area (Å²) < 4.78 is 11.1. The van der Waals surface area contributed by atoms with Crippen molar-refractivity contribution in [3.05, 3.63) is 77.3 Å². The lowest BCUT2D eigenvalue weighted by atomic mass is 10.1. The average molecular weight is 461 g/mol. The Labute approximate surface area is 196 Å². The lowest BCUT2D eigenvalue weighted by Gasteiger charge is -2.07. The van der Waals surface area contributed by atoms with Gasteiger partial charge in [0.25, 0.3) is 5.91 Å². The molecule has 4 aromatic rings. The summed E-state index contributed by atoms with van der Waals surface area (Å²) in [7, 11) is 0. The molecule has 2 aromatic carbocycles. The highest BCUT2D eigenvalue weighted by Crippen LogP contribution is 2.27. The van der Waals surface area contributed by atoms with Gasteiger partial charge < -0.3 is 14.8 Å². The first-order valence-electron chi connectivity index (χ1n) is 10.6. The molecular weight excluding hydrogens is 436 g/mol. The van der Waals surface area contributed by atoms with E-state index in [1.807, 2.05) is 74.5 Å². The number of ether oxygens (including phenoxy) is 2. The summed E-state index contributed by atoms with van der Waals surface area (Å²) in [6.07, 6.45) is 0. The van der Waals surface area contributed by atoms with Crippen LogP contribution < -0.4 is 14.8 Å². The Morgan fingerprint density at radius 2 is 1.73 bits per heavy atom. The van der Waals surface area contributed by atoms with Gasteiger partial charge in [-0.2, -0.15) is 0 Å². The SMILES string of the molecule is CCOc1ccc(-c2ccc(OCCNC(=O)c3sc(-c4ccccc4)nc3C)nn2)cc1. The number of benzene rings is 2. The lowest BCUT2D eigenvalue weighted by molar-refractivity contribution is 0.0949. The maximum absolute atomic E-state index is 12.6. The Morgan fingerprint density at radius 1 is 0.939 bits per heavy atom. The molecule has 0 atom stereocenters. The summed E-state index contributed by atoms with van der Waals surface area (Å²) in [5.41, 5.74) is 3.40. The highest BCUT2D eigenvalue weighted by molar-refractivity contribution is 7.17. The van der Waals surface area contributed by atoms with Crippen molar-refractivity contribution in [2.45, 2.75) is 13.8 Å². The van der Waals surface area contributed by atoms with E-state index in [1.54, 1.807) is 6.07 Å². The minimum absolute atomic E-state index is 0.160. The van der Waals surface area contributed by atoms with E-state index in [0.29, 0.717) is 29.6 Å². The molecule has 33 heavy (non-hydrogen) atoms. The Hall–Kier alpha value is -3.78. The van der Waals surface area contributed by atoms with Crippen molar-refractivity contribution in [3.8, 4) is 33.5 Å². The van der Waals surface area contributed by atoms with Crippen molar-refractivity contribution < 1.29 is 14.3 Å². The van der Waals surface area contributed by atoms with Crippen LogP contribution in [0, 0.1) is 6.92 Å². The standard InChI is InChI=1S/C25H24N4O3S/c1-3-31-20-11-9-18(10-12-20)21-13-14-22(29-28-21)32-16-15-26-24(30)23-17(2)27-25(33-23)19-7-5-4-6-8-19/h4-14H,3,15-16H2,1-2H3,(H,26,30). The van der Waals surface area contributed by atoms with Crippen LogP contribution in [0.5, 0.6) is 11.6 Å². The van der Waals surface area contributed by atoms with Gasteiger partial charge in [-0.1, -0.05) is 30.3 Å². The summed E-state index contributed by atoms with van der Waals surface area (Å²) in [6, 6.07) is 21.1. The number of rotatable bonds is 9. The van der Waals surface area contributed by atoms with Crippen LogP contribution in [-0.4, -0.2) is 40.8 Å². The molecule has 8 heteroatoms. The van der Waals surface area contributed by atoms with Crippen LogP contribution in [-0.2, 0) is 0 Å². The second kappa shape index (κ2) is 10.7. The zero-order chi connectivity index (χ0) is 23.0. The van der Waals surface area contributed by atoms with Crippen molar-refractivity contribution >= 4 is 17.2 Å². The minimum atomic E-state index is -0.160. The van der Waals surface area contributed by atoms with E-state index >= 15 is 0 Å². The number of carbonyl (C=O) groups is 1. The van der Waals surface area contributed by atoms with Gasteiger partial charge >= 0.3 is 0 Å². The second-order valence-electron chi connectivity index (χ2n) is 7.12. The van der Waals surface area contributed by atoms with E-state index < -0.39 is 0 Å². The van der Waals surface area contributed by atoms with Gasteiger partial charge in [0.2, 0.25) is 5.88 Å². The molecule has 2 heterocycles. The third-order valence-corrected chi connectivity index (χ3v) is 5.97. The monoisotopic (exact) mass is 460 g/mol. The maximum atomic E-state index is 12.6. The maximum Gasteiger partial charge on any atom is 0.263 e. The van der Waals surface area contributed by atoms with E-state index in [4.69, 9.17) is 9.47 Å². The summed E-state index contributed by atoms with van der Waals surface area (Å²) >= 11 is 1.38. The van der Waals surface area contributed by atoms with Crippen LogP contribution in [0.25, 0.3) is 21.8 Å². The molecule has 1 amide bonds. The number of aryl methyl sites for hydroxylation is 1. The third-order valence-electron chi connectivity index (χ3n) is 4.76. The molecule has 0 saturated carbocycles. The van der Waals surface area contributed by atoms with Crippen LogP contribution in [0.3, 0.4) is 0 Å². The highest BCUT2D eigenvalue weighted by Gasteiger charge is 2.15. The van der Waals surface area contributed by atoms with E-state index in [1.165, 1.54) is 11.3 Å². The fraction of sp³-hybridized carbons (Fsp3) is 0.200. The first-order chi connectivity index (χ1) is 16.1. The summed E-state index contributed by atoms with van der Waals surface area (Å²) in [4.78, 5) is 17.7. The first kappa shape index (κ1) is 22.4. The molecule has 0 aliphatic carbocycles. The van der Waals surface area contributed by atoms with Crippen molar-refractivity contribution in [1.82, 2.24) is 20.5 Å². The van der Waals surface area contributed by atoms with Crippen molar-refractivity contribution in [1.29, 1.82) is 0 Å². The van der Waals surface area contributed by atoms with Crippen LogP contribution >= 0.6 is 11.3 Å². The quantitative estimate of drug-likeness (QED) is 0.362. The minimum Gasteiger partial charge on any atom is -0.494 e. The molecule has 7 nitrogen and oxygen atoms in total. The molecule has 0 radical (unpaired) electrons. The lowest BCUT2D eigenvalue weighted by Crippen LogP contribution is -2.28. The highest BCUT2D eigenvalue weighted by atomic mass is 32.1. The number of nitrogens with zero attached hydrogens (tertiary/aromatic N) is 3. The largest absolute Gasteiger partial charge is 0.494 e. The second-order valence-corrected chi connectivity index (χ2v) is 8.12. The van der Waals surface area contributed by atoms with Crippen LogP contribution in [0.1, 0.15) is 22.3 Å². The molecular formula is C25H24N4O3S. The first-order valence-corrected chi connectivity index (χ1v) is 11.5. The molecule has 4 rings (SSSR count). The summed E-state index contributed by atoms with van der Waals surface area (Å²) in [5.74, 6) is 1.06. The Balaban J connectivity index is 1.27. The van der Waals surface area contributed by atoms with Gasteiger partial charge in [0, 0.05) is 17.2 Å². The van der Waals surface area contributed by atoms with E-state index in [9.17, 15) is 4.79 Å². The Bertz CT molecular complexity index is 1190. The predicted octanol–water partition coefficient (Wildman–Crippen LogP) is 4.78. The van der Waals surface area contributed by atoms with Gasteiger partial charge in [-0.25, -0.2) is 4.98 Å². The predicted molar refractivity (Wildman–Crippen MR) is 129 cm³/mol. The van der Waals surface area contributed by atoms with Crippen LogP contribution in [0.2, 0.25) is 0 Å². The Kier molecular flexibility index (Phi) is 7.26. The fourth-order valence-electron chi connectivity index (χ4n) is 3.15. The van der Waals surface area contributed by atoms with Gasteiger partial charge in [-0.3, -0.25) is 4.79 Å². The van der Waals surface area contributed by atoms with Crippen molar-refractivity contribution in [2.24, 2.45) is 0 Å². The Morgan fingerprint density at radius 3 is 2.42 bits per heavy atom. The third kappa shape index (κ3) is 5.72. The summed E-state index contributed by atoms with van der Waals surface area (Å²) in [5, 5.41) is 12.0. The number of thiazole rings is 1.